The standard InChI is InChI=1S/C27H36ClN3O4/c1-2-15-30-26(33)21(18-25(32)24(29)17-20-10-4-3-5-11-20)12-8-9-16-31-27(34)35-19-22-13-6-7-14-23(22)28/h3-7,10-11,13-14,21,24H,2,8-9,12,15-19,29H2,1H3,(H,30,33)(H,31,34). The van der Waals surface area contributed by atoms with E-state index in [9.17, 15) is 14.4 Å². The molecule has 0 saturated heterocycles. The fourth-order valence-electron chi connectivity index (χ4n) is 3.61. The second kappa shape index (κ2) is 15.9. The lowest BCUT2D eigenvalue weighted by Gasteiger charge is -2.18. The molecule has 2 amide bonds. The number of carbonyl (C=O) groups excluding carboxylic acids is 3. The summed E-state index contributed by atoms with van der Waals surface area (Å²) < 4.78 is 5.19. The third-order valence-electron chi connectivity index (χ3n) is 5.64. The molecule has 8 heteroatoms. The quantitative estimate of drug-likeness (QED) is 0.313. The van der Waals surface area contributed by atoms with Gasteiger partial charge < -0.3 is 21.1 Å². The molecule has 0 aliphatic rings. The first-order valence-corrected chi connectivity index (χ1v) is 12.5. The Labute approximate surface area is 212 Å². The van der Waals surface area contributed by atoms with E-state index in [0.717, 1.165) is 17.5 Å². The zero-order chi connectivity index (χ0) is 25.5. The largest absolute Gasteiger partial charge is 0.445 e. The molecule has 2 atom stereocenters. The zero-order valence-electron chi connectivity index (χ0n) is 20.3. The predicted octanol–water partition coefficient (Wildman–Crippen LogP) is 4.41. The van der Waals surface area contributed by atoms with Crippen LogP contribution in [0.3, 0.4) is 0 Å². The highest BCUT2D eigenvalue weighted by Gasteiger charge is 2.24. The molecule has 190 valence electrons. The molecule has 2 rings (SSSR count). The van der Waals surface area contributed by atoms with Gasteiger partial charge in [-0.3, -0.25) is 9.59 Å². The van der Waals surface area contributed by atoms with Gasteiger partial charge >= 0.3 is 6.09 Å². The number of hydrogen-bond donors (Lipinski definition) is 3. The topological polar surface area (TPSA) is 111 Å². The van der Waals surface area contributed by atoms with Crippen LogP contribution in [-0.4, -0.2) is 36.9 Å². The molecule has 0 spiro atoms. The molecule has 0 fully saturated rings. The number of Topliss-reactive ketones (excluding diaryl/α,β-unsaturated/α-hetero) is 1. The Bertz CT molecular complexity index is 939. The van der Waals surface area contributed by atoms with E-state index in [-0.39, 0.29) is 24.7 Å². The van der Waals surface area contributed by atoms with Crippen molar-refractivity contribution in [3.63, 3.8) is 0 Å². The third kappa shape index (κ3) is 10.9. The third-order valence-corrected chi connectivity index (χ3v) is 6.01. The van der Waals surface area contributed by atoms with Crippen molar-refractivity contribution in [1.82, 2.24) is 10.6 Å². The Kier molecular flexibility index (Phi) is 12.9. The molecular weight excluding hydrogens is 466 g/mol. The SMILES string of the molecule is CCCNC(=O)C(CCCCNC(=O)OCc1ccccc1Cl)CC(=O)C(N)Cc1ccccc1. The summed E-state index contributed by atoms with van der Waals surface area (Å²) in [5.74, 6) is -0.686. The number of nitrogens with two attached hydrogens (primary N) is 1. The number of rotatable bonds is 15. The molecule has 2 aromatic carbocycles. The van der Waals surface area contributed by atoms with Gasteiger partial charge in [0.15, 0.2) is 5.78 Å². The van der Waals surface area contributed by atoms with Gasteiger partial charge in [0, 0.05) is 36.0 Å². The number of alkyl carbamates (subject to hydrolysis) is 1. The van der Waals surface area contributed by atoms with E-state index < -0.39 is 18.1 Å². The fourth-order valence-corrected chi connectivity index (χ4v) is 3.80. The van der Waals surface area contributed by atoms with Crippen LogP contribution < -0.4 is 16.4 Å². The number of ketones is 1. The van der Waals surface area contributed by atoms with Crippen molar-refractivity contribution in [2.75, 3.05) is 13.1 Å². The van der Waals surface area contributed by atoms with E-state index in [4.69, 9.17) is 22.1 Å². The van der Waals surface area contributed by atoms with E-state index in [0.29, 0.717) is 43.8 Å². The summed E-state index contributed by atoms with van der Waals surface area (Å²) in [4.78, 5) is 37.3. The van der Waals surface area contributed by atoms with Gasteiger partial charge in [0.2, 0.25) is 5.91 Å². The Hall–Kier alpha value is -2.90. The lowest BCUT2D eigenvalue weighted by atomic mass is 9.91. The van der Waals surface area contributed by atoms with Crippen molar-refractivity contribution in [2.24, 2.45) is 11.7 Å². The first-order chi connectivity index (χ1) is 16.9. The lowest BCUT2D eigenvalue weighted by molar-refractivity contribution is -0.130. The minimum atomic E-state index is -0.645. The molecule has 0 aliphatic heterocycles. The minimum absolute atomic E-state index is 0.0938. The maximum Gasteiger partial charge on any atom is 0.407 e. The van der Waals surface area contributed by atoms with Gasteiger partial charge in [-0.25, -0.2) is 4.79 Å². The first-order valence-electron chi connectivity index (χ1n) is 12.1. The number of hydrogen-bond acceptors (Lipinski definition) is 5. The average Bonchev–Trinajstić information content (AvgIpc) is 2.86. The van der Waals surface area contributed by atoms with Crippen LogP contribution in [0.2, 0.25) is 5.02 Å². The van der Waals surface area contributed by atoms with Crippen molar-refractivity contribution in [1.29, 1.82) is 0 Å². The molecule has 2 aromatic rings. The molecule has 0 saturated carbocycles. The number of carbonyl (C=O) groups is 3. The molecule has 0 aliphatic carbocycles. The van der Waals surface area contributed by atoms with Crippen LogP contribution in [0, 0.1) is 5.92 Å². The first kappa shape index (κ1) is 28.3. The summed E-state index contributed by atoms with van der Waals surface area (Å²) in [6.45, 7) is 3.05. The molecule has 0 radical (unpaired) electrons. The van der Waals surface area contributed by atoms with Crippen molar-refractivity contribution < 1.29 is 19.1 Å². The monoisotopic (exact) mass is 501 g/mol. The number of halogens is 1. The zero-order valence-corrected chi connectivity index (χ0v) is 21.1. The highest BCUT2D eigenvalue weighted by Crippen LogP contribution is 2.17. The Morgan fingerprint density at radius 2 is 1.69 bits per heavy atom. The van der Waals surface area contributed by atoms with Gasteiger partial charge in [0.1, 0.15) is 6.61 Å². The van der Waals surface area contributed by atoms with Crippen LogP contribution in [0.15, 0.2) is 54.6 Å². The van der Waals surface area contributed by atoms with Gasteiger partial charge in [0.05, 0.1) is 6.04 Å². The van der Waals surface area contributed by atoms with Crippen LogP contribution in [0.5, 0.6) is 0 Å². The normalized spacial score (nSPS) is 12.4. The summed E-state index contributed by atoms with van der Waals surface area (Å²) >= 11 is 6.06. The summed E-state index contributed by atoms with van der Waals surface area (Å²) in [5.41, 5.74) is 7.87. The lowest BCUT2D eigenvalue weighted by Crippen LogP contribution is -2.38. The number of ether oxygens (including phenoxy) is 1. The molecule has 4 N–H and O–H groups in total. The van der Waals surface area contributed by atoms with Gasteiger partial charge in [-0.15, -0.1) is 0 Å². The molecule has 0 bridgehead atoms. The van der Waals surface area contributed by atoms with Crippen LogP contribution >= 0.6 is 11.6 Å². The van der Waals surface area contributed by atoms with Crippen LogP contribution in [0.1, 0.15) is 50.2 Å². The van der Waals surface area contributed by atoms with E-state index in [1.165, 1.54) is 0 Å². The number of nitrogens with one attached hydrogen (secondary N) is 2. The second-order valence-electron chi connectivity index (χ2n) is 8.54. The van der Waals surface area contributed by atoms with Crippen molar-refractivity contribution in [3.05, 3.63) is 70.7 Å². The van der Waals surface area contributed by atoms with Crippen LogP contribution in [0.25, 0.3) is 0 Å². The number of benzene rings is 2. The minimum Gasteiger partial charge on any atom is -0.445 e. The molecule has 35 heavy (non-hydrogen) atoms. The van der Waals surface area contributed by atoms with Gasteiger partial charge in [0.25, 0.3) is 0 Å². The highest BCUT2D eigenvalue weighted by molar-refractivity contribution is 6.31. The van der Waals surface area contributed by atoms with Gasteiger partial charge in [-0.2, -0.15) is 0 Å². The van der Waals surface area contributed by atoms with E-state index in [1.807, 2.05) is 49.4 Å². The van der Waals surface area contributed by atoms with Gasteiger partial charge in [-0.1, -0.05) is 73.5 Å². The molecule has 7 nitrogen and oxygen atoms in total. The van der Waals surface area contributed by atoms with Crippen LogP contribution in [0.4, 0.5) is 4.79 Å². The number of unbranched alkanes of at least 4 members (excludes halogenated alkanes) is 1. The van der Waals surface area contributed by atoms with Crippen molar-refractivity contribution in [3.8, 4) is 0 Å². The Morgan fingerprint density at radius 3 is 2.40 bits per heavy atom. The Morgan fingerprint density at radius 1 is 0.971 bits per heavy atom. The number of amides is 2. The van der Waals surface area contributed by atoms with Crippen molar-refractivity contribution in [2.45, 2.75) is 58.1 Å². The maximum atomic E-state index is 12.7. The second-order valence-corrected chi connectivity index (χ2v) is 8.95. The fraction of sp³-hybridized carbons (Fsp3) is 0.444. The average molecular weight is 502 g/mol. The predicted molar refractivity (Wildman–Crippen MR) is 138 cm³/mol. The molecular formula is C27H36ClN3O4. The molecule has 0 aromatic heterocycles. The highest BCUT2D eigenvalue weighted by atomic mass is 35.5. The molecule has 2 unspecified atom stereocenters. The summed E-state index contributed by atoms with van der Waals surface area (Å²) in [5, 5.41) is 6.14. The summed E-state index contributed by atoms with van der Waals surface area (Å²) in [7, 11) is 0. The van der Waals surface area contributed by atoms with Crippen LogP contribution in [-0.2, 0) is 27.4 Å². The van der Waals surface area contributed by atoms with E-state index >= 15 is 0 Å². The molecule has 0 heterocycles. The van der Waals surface area contributed by atoms with Crippen molar-refractivity contribution >= 4 is 29.4 Å². The van der Waals surface area contributed by atoms with Gasteiger partial charge in [-0.05, 0) is 37.3 Å². The van der Waals surface area contributed by atoms with E-state index in [1.54, 1.807) is 12.1 Å². The Balaban J connectivity index is 1.75. The maximum absolute atomic E-state index is 12.7. The van der Waals surface area contributed by atoms with E-state index in [2.05, 4.69) is 10.6 Å². The summed E-state index contributed by atoms with van der Waals surface area (Å²) in [6, 6.07) is 16.1. The smallest absolute Gasteiger partial charge is 0.407 e. The summed E-state index contributed by atoms with van der Waals surface area (Å²) in [6.07, 6.45) is 2.72.